The standard InChI is InChI=1S/C25H21ClN2O7/c1-32-20-5-3-4-16(22(20)34-14-15-6-8-17(26)9-7-15)12-19-23(29)28(25(31)27-19)13-18-10-11-21(35-18)24(30)33-2/h3-12H,13-14H2,1-2H3,(H,27,31)/b19-12+. The average molecular weight is 497 g/mol. The number of esters is 1. The highest BCUT2D eigenvalue weighted by atomic mass is 35.5. The van der Waals surface area contributed by atoms with E-state index in [1.54, 1.807) is 30.3 Å². The van der Waals surface area contributed by atoms with Crippen LogP contribution in [0.2, 0.25) is 5.02 Å². The lowest BCUT2D eigenvalue weighted by Gasteiger charge is -2.14. The molecule has 1 saturated heterocycles. The van der Waals surface area contributed by atoms with Crippen molar-refractivity contribution in [1.82, 2.24) is 10.2 Å². The van der Waals surface area contributed by atoms with Crippen molar-refractivity contribution in [3.63, 3.8) is 0 Å². The van der Waals surface area contributed by atoms with Gasteiger partial charge in [0.25, 0.3) is 5.91 Å². The van der Waals surface area contributed by atoms with E-state index in [0.717, 1.165) is 10.5 Å². The number of hydrogen-bond acceptors (Lipinski definition) is 7. The van der Waals surface area contributed by atoms with Gasteiger partial charge in [0.05, 0.1) is 20.8 Å². The van der Waals surface area contributed by atoms with Gasteiger partial charge in [-0.15, -0.1) is 0 Å². The fraction of sp³-hybridized carbons (Fsp3) is 0.160. The molecule has 0 atom stereocenters. The summed E-state index contributed by atoms with van der Waals surface area (Å²) in [5.41, 5.74) is 1.48. The Bertz CT molecular complexity index is 1300. The number of hydrogen-bond donors (Lipinski definition) is 1. The van der Waals surface area contributed by atoms with Crippen LogP contribution >= 0.6 is 11.6 Å². The number of halogens is 1. The first kappa shape index (κ1) is 23.9. The predicted molar refractivity (Wildman–Crippen MR) is 126 cm³/mol. The Labute approximate surface area is 205 Å². The first-order chi connectivity index (χ1) is 16.9. The van der Waals surface area contributed by atoms with Gasteiger partial charge in [-0.3, -0.25) is 9.69 Å². The van der Waals surface area contributed by atoms with Gasteiger partial charge in [-0.1, -0.05) is 35.9 Å². The highest BCUT2D eigenvalue weighted by molar-refractivity contribution is 6.30. The van der Waals surface area contributed by atoms with Crippen molar-refractivity contribution in [2.75, 3.05) is 14.2 Å². The molecule has 0 bridgehead atoms. The molecule has 35 heavy (non-hydrogen) atoms. The van der Waals surface area contributed by atoms with Crippen molar-refractivity contribution in [1.29, 1.82) is 0 Å². The molecule has 0 spiro atoms. The lowest BCUT2D eigenvalue weighted by molar-refractivity contribution is -0.123. The van der Waals surface area contributed by atoms with Crippen LogP contribution in [-0.2, 0) is 22.7 Å². The Hall–Kier alpha value is -4.24. The van der Waals surface area contributed by atoms with E-state index in [-0.39, 0.29) is 30.4 Å². The van der Waals surface area contributed by atoms with E-state index < -0.39 is 17.9 Å². The molecular formula is C25H21ClN2O7. The number of nitrogens with zero attached hydrogens (tertiary/aromatic N) is 1. The molecule has 180 valence electrons. The van der Waals surface area contributed by atoms with Crippen LogP contribution < -0.4 is 14.8 Å². The summed E-state index contributed by atoms with van der Waals surface area (Å²) < 4.78 is 21.4. The summed E-state index contributed by atoms with van der Waals surface area (Å²) in [7, 11) is 2.74. The second-order valence-corrected chi connectivity index (χ2v) is 7.87. The third-order valence-electron chi connectivity index (χ3n) is 5.15. The lowest BCUT2D eigenvalue weighted by Crippen LogP contribution is -2.30. The van der Waals surface area contributed by atoms with Crippen molar-refractivity contribution in [2.24, 2.45) is 0 Å². The number of urea groups is 1. The van der Waals surface area contributed by atoms with Gasteiger partial charge in [0.1, 0.15) is 18.1 Å². The fourth-order valence-corrected chi connectivity index (χ4v) is 3.52. The summed E-state index contributed by atoms with van der Waals surface area (Å²) in [5.74, 6) is -0.108. The molecule has 3 aromatic rings. The molecule has 1 aliphatic rings. The van der Waals surface area contributed by atoms with E-state index in [1.165, 1.54) is 32.4 Å². The Morgan fingerprint density at radius 1 is 1.09 bits per heavy atom. The van der Waals surface area contributed by atoms with Gasteiger partial charge in [0.2, 0.25) is 5.76 Å². The second-order valence-electron chi connectivity index (χ2n) is 7.43. The van der Waals surface area contributed by atoms with Gasteiger partial charge < -0.3 is 23.9 Å². The van der Waals surface area contributed by atoms with E-state index >= 15 is 0 Å². The minimum Gasteiger partial charge on any atom is -0.493 e. The first-order valence-electron chi connectivity index (χ1n) is 10.5. The molecule has 4 rings (SSSR count). The Balaban J connectivity index is 1.55. The van der Waals surface area contributed by atoms with Crippen molar-refractivity contribution in [3.8, 4) is 11.5 Å². The third kappa shape index (κ3) is 5.30. The van der Waals surface area contributed by atoms with Crippen molar-refractivity contribution < 1.29 is 33.0 Å². The molecule has 2 aromatic carbocycles. The Morgan fingerprint density at radius 2 is 1.86 bits per heavy atom. The highest BCUT2D eigenvalue weighted by Crippen LogP contribution is 2.34. The molecule has 1 aromatic heterocycles. The van der Waals surface area contributed by atoms with Crippen LogP contribution in [0.25, 0.3) is 6.08 Å². The molecule has 0 saturated carbocycles. The predicted octanol–water partition coefficient (Wildman–Crippen LogP) is 4.40. The Kier molecular flexibility index (Phi) is 7.07. The van der Waals surface area contributed by atoms with Crippen LogP contribution in [0.3, 0.4) is 0 Å². The molecular weight excluding hydrogens is 476 g/mol. The van der Waals surface area contributed by atoms with E-state index in [9.17, 15) is 14.4 Å². The van der Waals surface area contributed by atoms with Gasteiger partial charge in [-0.2, -0.15) is 0 Å². The quantitative estimate of drug-likeness (QED) is 0.280. The Morgan fingerprint density at radius 3 is 2.57 bits per heavy atom. The number of amides is 3. The molecule has 0 unspecified atom stereocenters. The van der Waals surface area contributed by atoms with E-state index in [1.807, 2.05) is 12.1 Å². The van der Waals surface area contributed by atoms with Gasteiger partial charge in [-0.25, -0.2) is 9.59 Å². The minimum absolute atomic E-state index is 0.0239. The zero-order valence-electron chi connectivity index (χ0n) is 18.9. The van der Waals surface area contributed by atoms with Crippen LogP contribution in [0, 0.1) is 0 Å². The summed E-state index contributed by atoms with van der Waals surface area (Å²) in [5, 5.41) is 3.18. The number of para-hydroxylation sites is 1. The summed E-state index contributed by atoms with van der Waals surface area (Å²) in [4.78, 5) is 38.0. The second kappa shape index (κ2) is 10.4. The number of ether oxygens (including phenoxy) is 3. The van der Waals surface area contributed by atoms with Gasteiger partial charge in [-0.05, 0) is 42.0 Å². The van der Waals surface area contributed by atoms with Crippen LogP contribution in [0.5, 0.6) is 11.5 Å². The minimum atomic E-state index is -0.654. The number of carbonyl (C=O) groups excluding carboxylic acids is 3. The van der Waals surface area contributed by atoms with E-state index in [2.05, 4.69) is 10.1 Å². The SMILES string of the molecule is COC(=O)c1ccc(CN2C(=O)N/C(=C/c3cccc(OC)c3OCc3ccc(Cl)cc3)C2=O)o1. The van der Waals surface area contributed by atoms with Crippen LogP contribution in [0.4, 0.5) is 4.79 Å². The van der Waals surface area contributed by atoms with Crippen LogP contribution in [-0.4, -0.2) is 37.0 Å². The number of carbonyl (C=O) groups is 3. The molecule has 1 aliphatic heterocycles. The molecule has 1 fully saturated rings. The van der Waals surface area contributed by atoms with Crippen LogP contribution in [0.15, 0.2) is 64.7 Å². The smallest absolute Gasteiger partial charge is 0.373 e. The van der Waals surface area contributed by atoms with Crippen molar-refractivity contribution >= 4 is 35.6 Å². The van der Waals surface area contributed by atoms with Crippen molar-refractivity contribution in [3.05, 3.63) is 88.0 Å². The largest absolute Gasteiger partial charge is 0.493 e. The average Bonchev–Trinajstić information content (AvgIpc) is 3.44. The molecule has 0 aliphatic carbocycles. The fourth-order valence-electron chi connectivity index (χ4n) is 3.40. The number of rotatable bonds is 8. The van der Waals surface area contributed by atoms with E-state index in [0.29, 0.717) is 22.1 Å². The normalized spacial score (nSPS) is 14.3. The zero-order valence-corrected chi connectivity index (χ0v) is 19.6. The zero-order chi connectivity index (χ0) is 24.9. The monoisotopic (exact) mass is 496 g/mol. The van der Waals surface area contributed by atoms with Crippen molar-refractivity contribution in [2.45, 2.75) is 13.2 Å². The summed E-state index contributed by atoms with van der Waals surface area (Å²) in [6.07, 6.45) is 1.52. The third-order valence-corrected chi connectivity index (χ3v) is 5.40. The molecule has 10 heteroatoms. The number of furan rings is 1. The number of nitrogens with one attached hydrogen (secondary N) is 1. The van der Waals surface area contributed by atoms with Gasteiger partial charge in [0, 0.05) is 10.6 Å². The number of benzene rings is 2. The van der Waals surface area contributed by atoms with Gasteiger partial charge >= 0.3 is 12.0 Å². The topological polar surface area (TPSA) is 107 Å². The summed E-state index contributed by atoms with van der Waals surface area (Å²) >= 11 is 5.94. The maximum absolute atomic E-state index is 13.0. The lowest BCUT2D eigenvalue weighted by atomic mass is 10.1. The van der Waals surface area contributed by atoms with Crippen LogP contribution in [0.1, 0.15) is 27.4 Å². The molecule has 9 nitrogen and oxygen atoms in total. The van der Waals surface area contributed by atoms with Gasteiger partial charge in [0.15, 0.2) is 11.5 Å². The number of imide groups is 1. The highest BCUT2D eigenvalue weighted by Gasteiger charge is 2.34. The number of methoxy groups -OCH3 is 2. The molecule has 3 amide bonds. The maximum atomic E-state index is 13.0. The first-order valence-corrected chi connectivity index (χ1v) is 10.8. The molecule has 1 N–H and O–H groups in total. The van der Waals surface area contributed by atoms with E-state index in [4.69, 9.17) is 25.5 Å². The summed E-state index contributed by atoms with van der Waals surface area (Å²) in [6.45, 7) is 0.0816. The molecule has 0 radical (unpaired) electrons. The maximum Gasteiger partial charge on any atom is 0.373 e. The molecule has 2 heterocycles. The summed E-state index contributed by atoms with van der Waals surface area (Å²) in [6, 6.07) is 14.7.